The monoisotopic (exact) mass is 208 g/mol. The molecule has 2 N–H and O–H groups in total. The van der Waals surface area contributed by atoms with E-state index in [9.17, 15) is 13.2 Å². The van der Waals surface area contributed by atoms with Crippen LogP contribution in [-0.2, 0) is 6.18 Å². The van der Waals surface area contributed by atoms with E-state index in [-0.39, 0.29) is 5.69 Å². The van der Waals surface area contributed by atoms with E-state index in [0.29, 0.717) is 4.90 Å². The quantitative estimate of drug-likeness (QED) is 0.720. The third-order valence-corrected chi connectivity index (χ3v) is 2.20. The van der Waals surface area contributed by atoms with Crippen LogP contribution < -0.4 is 5.73 Å². The number of nitrogens with two attached hydrogens (primary N) is 1. The Labute approximate surface area is 77.3 Å². The van der Waals surface area contributed by atoms with Crippen LogP contribution in [0, 0.1) is 0 Å². The van der Waals surface area contributed by atoms with Gasteiger partial charge < -0.3 is 5.73 Å². The topological polar surface area (TPSA) is 38.9 Å². The first-order chi connectivity index (χ1) is 5.95. The third kappa shape index (κ3) is 2.27. The molecule has 1 aromatic rings. The molecular formula is C7H7F3N2S. The largest absolute Gasteiger partial charge is 0.433 e. The Morgan fingerprint density at radius 2 is 2.08 bits per heavy atom. The van der Waals surface area contributed by atoms with Gasteiger partial charge in [0, 0.05) is 4.90 Å². The van der Waals surface area contributed by atoms with Gasteiger partial charge in [0.25, 0.3) is 0 Å². The summed E-state index contributed by atoms with van der Waals surface area (Å²) in [4.78, 5) is 3.59. The first-order valence-corrected chi connectivity index (χ1v) is 4.54. The van der Waals surface area contributed by atoms with Gasteiger partial charge in [-0.25, -0.2) is 4.98 Å². The fraction of sp³-hybridized carbons (Fsp3) is 0.286. The van der Waals surface area contributed by atoms with Crippen LogP contribution >= 0.6 is 11.8 Å². The first-order valence-electron chi connectivity index (χ1n) is 3.32. The average molecular weight is 208 g/mol. The zero-order chi connectivity index (χ0) is 10.1. The number of halogens is 3. The third-order valence-electron chi connectivity index (χ3n) is 1.41. The Morgan fingerprint density at radius 3 is 2.54 bits per heavy atom. The number of anilines is 1. The highest BCUT2D eigenvalue weighted by atomic mass is 32.2. The van der Waals surface area contributed by atoms with Gasteiger partial charge in [-0.2, -0.15) is 13.2 Å². The highest BCUT2D eigenvalue weighted by Gasteiger charge is 2.32. The van der Waals surface area contributed by atoms with Gasteiger partial charge in [0.2, 0.25) is 0 Å². The molecule has 0 aliphatic carbocycles. The lowest BCUT2D eigenvalue weighted by Gasteiger charge is -2.07. The molecule has 0 aromatic carbocycles. The molecule has 0 aliphatic heterocycles. The molecule has 0 saturated carbocycles. The molecule has 0 saturated heterocycles. The molecule has 0 amide bonds. The molecule has 6 heteroatoms. The van der Waals surface area contributed by atoms with Crippen molar-refractivity contribution in [3.05, 3.63) is 18.0 Å². The Bertz CT molecular complexity index is 311. The Hall–Kier alpha value is -0.910. The molecule has 0 aliphatic rings. The maximum absolute atomic E-state index is 12.1. The van der Waals surface area contributed by atoms with Gasteiger partial charge in [-0.1, -0.05) is 0 Å². The van der Waals surface area contributed by atoms with E-state index in [2.05, 4.69) is 4.98 Å². The molecule has 1 rings (SSSR count). The minimum atomic E-state index is -4.40. The van der Waals surface area contributed by atoms with Crippen LogP contribution in [0.1, 0.15) is 5.69 Å². The van der Waals surface area contributed by atoms with Crippen molar-refractivity contribution in [3.63, 3.8) is 0 Å². The molecule has 0 fully saturated rings. The number of pyridine rings is 1. The number of aromatic nitrogens is 1. The van der Waals surface area contributed by atoms with Crippen molar-refractivity contribution in [1.29, 1.82) is 0 Å². The van der Waals surface area contributed by atoms with Gasteiger partial charge >= 0.3 is 6.18 Å². The number of nitrogen functional groups attached to an aromatic ring is 1. The summed E-state index contributed by atoms with van der Waals surface area (Å²) in [5.74, 6) is 0. The van der Waals surface area contributed by atoms with E-state index >= 15 is 0 Å². The van der Waals surface area contributed by atoms with Gasteiger partial charge in [-0.05, 0) is 12.3 Å². The average Bonchev–Trinajstić information content (AvgIpc) is 2.03. The molecule has 0 atom stereocenters. The zero-order valence-corrected chi connectivity index (χ0v) is 7.54. The lowest BCUT2D eigenvalue weighted by atomic mass is 10.3. The normalized spacial score (nSPS) is 11.7. The predicted molar refractivity (Wildman–Crippen MR) is 45.4 cm³/mol. The van der Waals surface area contributed by atoms with E-state index in [4.69, 9.17) is 5.73 Å². The smallest absolute Gasteiger partial charge is 0.397 e. The second kappa shape index (κ2) is 3.45. The molecule has 72 valence electrons. The lowest BCUT2D eigenvalue weighted by Crippen LogP contribution is -2.08. The summed E-state index contributed by atoms with van der Waals surface area (Å²) in [7, 11) is 0. The van der Waals surface area contributed by atoms with E-state index in [1.54, 1.807) is 6.26 Å². The fourth-order valence-electron chi connectivity index (χ4n) is 0.779. The van der Waals surface area contributed by atoms with Crippen molar-refractivity contribution >= 4 is 17.4 Å². The fourth-order valence-corrected chi connectivity index (χ4v) is 1.30. The summed E-state index contributed by atoms with van der Waals surface area (Å²) in [5, 5.41) is 0. The molecule has 13 heavy (non-hydrogen) atoms. The number of nitrogens with zero attached hydrogens (tertiary/aromatic N) is 1. The van der Waals surface area contributed by atoms with Crippen molar-refractivity contribution in [3.8, 4) is 0 Å². The van der Waals surface area contributed by atoms with Gasteiger partial charge in [0.1, 0.15) is 5.69 Å². The Morgan fingerprint density at radius 1 is 1.46 bits per heavy atom. The summed E-state index contributed by atoms with van der Waals surface area (Å²) in [5.41, 5.74) is 4.75. The van der Waals surface area contributed by atoms with E-state index in [1.807, 2.05) is 0 Å². The summed E-state index contributed by atoms with van der Waals surface area (Å²) in [6.45, 7) is 0. The first kappa shape index (κ1) is 10.2. The Balaban J connectivity index is 3.14. The second-order valence-electron chi connectivity index (χ2n) is 2.31. The zero-order valence-electron chi connectivity index (χ0n) is 6.72. The van der Waals surface area contributed by atoms with Gasteiger partial charge in [-0.15, -0.1) is 11.8 Å². The molecule has 0 radical (unpaired) electrons. The maximum atomic E-state index is 12.1. The molecule has 0 bridgehead atoms. The number of rotatable bonds is 1. The van der Waals surface area contributed by atoms with Gasteiger partial charge in [0.05, 0.1) is 11.9 Å². The van der Waals surface area contributed by atoms with Crippen LogP contribution in [0.15, 0.2) is 17.2 Å². The minimum Gasteiger partial charge on any atom is -0.397 e. The highest BCUT2D eigenvalue weighted by molar-refractivity contribution is 7.98. The number of hydrogen-bond donors (Lipinski definition) is 1. The van der Waals surface area contributed by atoms with E-state index in [0.717, 1.165) is 24.0 Å². The van der Waals surface area contributed by atoms with Crippen molar-refractivity contribution in [2.75, 3.05) is 12.0 Å². The SMILES string of the molecule is CSc1cc(C(F)(F)F)ncc1N. The van der Waals surface area contributed by atoms with Crippen molar-refractivity contribution in [1.82, 2.24) is 4.98 Å². The maximum Gasteiger partial charge on any atom is 0.433 e. The van der Waals surface area contributed by atoms with Crippen LogP contribution in [-0.4, -0.2) is 11.2 Å². The Kier molecular flexibility index (Phi) is 2.70. The minimum absolute atomic E-state index is 0.264. The molecular weight excluding hydrogens is 201 g/mol. The van der Waals surface area contributed by atoms with Gasteiger partial charge in [-0.3, -0.25) is 0 Å². The van der Waals surface area contributed by atoms with Crippen LogP contribution in [0.3, 0.4) is 0 Å². The number of alkyl halides is 3. The molecule has 1 heterocycles. The number of hydrogen-bond acceptors (Lipinski definition) is 3. The van der Waals surface area contributed by atoms with Crippen LogP contribution in [0.5, 0.6) is 0 Å². The summed E-state index contributed by atoms with van der Waals surface area (Å²) in [6.07, 6.45) is -1.72. The highest BCUT2D eigenvalue weighted by Crippen LogP contribution is 2.31. The summed E-state index contributed by atoms with van der Waals surface area (Å²) < 4.78 is 36.4. The lowest BCUT2D eigenvalue weighted by molar-refractivity contribution is -0.141. The summed E-state index contributed by atoms with van der Waals surface area (Å²) in [6, 6.07) is 0.944. The molecule has 2 nitrogen and oxygen atoms in total. The van der Waals surface area contributed by atoms with Gasteiger partial charge in [0.15, 0.2) is 0 Å². The molecule has 0 unspecified atom stereocenters. The molecule has 1 aromatic heterocycles. The molecule has 0 spiro atoms. The van der Waals surface area contributed by atoms with Crippen molar-refractivity contribution in [2.24, 2.45) is 0 Å². The van der Waals surface area contributed by atoms with E-state index in [1.165, 1.54) is 0 Å². The predicted octanol–water partition coefficient (Wildman–Crippen LogP) is 2.40. The standard InChI is InChI=1S/C7H7F3N2S/c1-13-5-2-6(7(8,9)10)12-3-4(5)11/h2-3H,11H2,1H3. The van der Waals surface area contributed by atoms with E-state index < -0.39 is 11.9 Å². The van der Waals surface area contributed by atoms with Crippen molar-refractivity contribution in [2.45, 2.75) is 11.1 Å². The van der Waals surface area contributed by atoms with Crippen molar-refractivity contribution < 1.29 is 13.2 Å². The second-order valence-corrected chi connectivity index (χ2v) is 3.16. The van der Waals surface area contributed by atoms with Crippen LogP contribution in [0.25, 0.3) is 0 Å². The number of thioether (sulfide) groups is 1. The summed E-state index contributed by atoms with van der Waals surface area (Å²) >= 11 is 1.16. The van der Waals surface area contributed by atoms with Crippen LogP contribution in [0.2, 0.25) is 0 Å². The van der Waals surface area contributed by atoms with Crippen LogP contribution in [0.4, 0.5) is 18.9 Å².